The minimum atomic E-state index is -4.81. The number of halogens is 5. The predicted molar refractivity (Wildman–Crippen MR) is 185 cm³/mol. The number of amides is 2. The zero-order valence-electron chi connectivity index (χ0n) is 30.5. The number of nitrogens with zero attached hydrogens (tertiary/aromatic N) is 9. The van der Waals surface area contributed by atoms with Crippen molar-refractivity contribution >= 4 is 51.5 Å². The number of hydrogen-bond donors (Lipinski definition) is 2. The molecule has 0 unspecified atom stereocenters. The molecule has 1 aliphatic rings. The number of carbonyl (C=O) groups excluding carboxylic acids is 2. The second-order valence-corrected chi connectivity index (χ2v) is 12.5. The SMILES string of the molecule is [2H]C([2H])([2H])n1cc2cc(-c3nc4n(CC(=O)Nc5ccc(C(F)(F)F)cc5F)c(CC)c(N5CCN(C(=O)c6nccc(Cl)c6O)CC5)c(=O)n4n3)ccc2n1. The molecular weight excluding hydrogens is 724 g/mol. The number of nitrogens with one attached hydrogen (secondary N) is 1. The number of alkyl halides is 3. The molecule has 14 nitrogen and oxygen atoms in total. The Bertz CT molecular complexity index is 2600. The van der Waals surface area contributed by atoms with Crippen LogP contribution >= 0.6 is 11.6 Å². The van der Waals surface area contributed by atoms with E-state index in [2.05, 4.69) is 25.5 Å². The summed E-state index contributed by atoms with van der Waals surface area (Å²) >= 11 is 5.98. The summed E-state index contributed by atoms with van der Waals surface area (Å²) in [6.45, 7) is -0.973. The lowest BCUT2D eigenvalue weighted by Gasteiger charge is -2.36. The second-order valence-electron chi connectivity index (χ2n) is 12.0. The number of benzene rings is 2. The first-order valence-corrected chi connectivity index (χ1v) is 16.4. The van der Waals surface area contributed by atoms with Crippen molar-refractivity contribution in [2.24, 2.45) is 6.98 Å². The molecule has 6 aromatic rings. The highest BCUT2D eigenvalue weighted by molar-refractivity contribution is 6.32. The van der Waals surface area contributed by atoms with Crippen LogP contribution in [0, 0.1) is 5.82 Å². The fraction of sp³-hybridized carbons (Fsp3) is 0.265. The number of carbonyl (C=O) groups is 2. The lowest BCUT2D eigenvalue weighted by Crippen LogP contribution is -2.51. The molecule has 0 aliphatic carbocycles. The van der Waals surface area contributed by atoms with Crippen molar-refractivity contribution in [2.45, 2.75) is 26.1 Å². The van der Waals surface area contributed by atoms with Crippen molar-refractivity contribution in [3.8, 4) is 17.1 Å². The fourth-order valence-corrected chi connectivity index (χ4v) is 6.36. The number of anilines is 2. The minimum absolute atomic E-state index is 0.0250. The van der Waals surface area contributed by atoms with Crippen molar-refractivity contribution in [2.75, 3.05) is 36.4 Å². The van der Waals surface area contributed by atoms with Crippen LogP contribution in [0.4, 0.5) is 28.9 Å². The normalized spacial score (nSPS) is 14.7. The van der Waals surface area contributed by atoms with Crippen LogP contribution in [0.5, 0.6) is 5.75 Å². The largest absolute Gasteiger partial charge is 0.504 e. The summed E-state index contributed by atoms with van der Waals surface area (Å²) < 4.78 is 80.5. The zero-order valence-corrected chi connectivity index (χ0v) is 28.3. The number of hydrogen-bond acceptors (Lipinski definition) is 9. The summed E-state index contributed by atoms with van der Waals surface area (Å²) in [5, 5.41) is 21.6. The number of rotatable bonds is 7. The quantitative estimate of drug-likeness (QED) is 0.224. The van der Waals surface area contributed by atoms with Gasteiger partial charge in [0.1, 0.15) is 18.0 Å². The number of aryl methyl sites for hydroxylation is 1. The van der Waals surface area contributed by atoms with E-state index in [0.29, 0.717) is 28.2 Å². The van der Waals surface area contributed by atoms with Crippen LogP contribution in [0.3, 0.4) is 0 Å². The minimum Gasteiger partial charge on any atom is -0.504 e. The average Bonchev–Trinajstić information content (AvgIpc) is 3.80. The molecule has 4 aromatic heterocycles. The molecule has 0 radical (unpaired) electrons. The number of aromatic hydroxyl groups is 1. The van der Waals surface area contributed by atoms with Gasteiger partial charge in [0.05, 0.1) is 27.5 Å². The molecule has 53 heavy (non-hydrogen) atoms. The highest BCUT2D eigenvalue weighted by atomic mass is 35.5. The van der Waals surface area contributed by atoms with Crippen LogP contribution in [0.15, 0.2) is 59.7 Å². The van der Waals surface area contributed by atoms with Gasteiger partial charge in [-0.25, -0.2) is 9.37 Å². The summed E-state index contributed by atoms with van der Waals surface area (Å²) in [5.41, 5.74) is -1.43. The molecule has 2 amide bonds. The van der Waals surface area contributed by atoms with E-state index in [9.17, 15) is 37.1 Å². The molecule has 19 heteroatoms. The lowest BCUT2D eigenvalue weighted by molar-refractivity contribution is -0.137. The Morgan fingerprint density at radius 2 is 1.85 bits per heavy atom. The Kier molecular flexibility index (Phi) is 8.07. The molecule has 0 atom stereocenters. The highest BCUT2D eigenvalue weighted by Crippen LogP contribution is 2.32. The van der Waals surface area contributed by atoms with Crippen LogP contribution in [-0.2, 0) is 30.9 Å². The van der Waals surface area contributed by atoms with E-state index in [1.165, 1.54) is 27.9 Å². The van der Waals surface area contributed by atoms with Gasteiger partial charge in [-0.1, -0.05) is 18.5 Å². The first-order chi connectivity index (χ1) is 26.4. The van der Waals surface area contributed by atoms with E-state index in [0.717, 1.165) is 15.3 Å². The van der Waals surface area contributed by atoms with Crippen molar-refractivity contribution in [3.63, 3.8) is 0 Å². The first-order valence-electron chi connectivity index (χ1n) is 17.5. The Morgan fingerprint density at radius 1 is 1.08 bits per heavy atom. The Labute approximate surface area is 306 Å². The Morgan fingerprint density at radius 3 is 2.55 bits per heavy atom. The maximum absolute atomic E-state index is 14.8. The van der Waals surface area contributed by atoms with Crippen LogP contribution in [0.1, 0.15) is 32.8 Å². The summed E-state index contributed by atoms with van der Waals surface area (Å²) in [7, 11) is 0. The van der Waals surface area contributed by atoms with Gasteiger partial charge in [0.2, 0.25) is 11.7 Å². The van der Waals surface area contributed by atoms with E-state index in [4.69, 9.17) is 15.7 Å². The molecule has 7 rings (SSSR count). The zero-order chi connectivity index (χ0) is 40.3. The number of aromatic nitrogens is 7. The van der Waals surface area contributed by atoms with Crippen LogP contribution in [-0.4, -0.2) is 81.9 Å². The fourth-order valence-electron chi connectivity index (χ4n) is 6.21. The van der Waals surface area contributed by atoms with Gasteiger partial charge in [-0.3, -0.25) is 19.1 Å². The van der Waals surface area contributed by atoms with Crippen molar-refractivity contribution in [1.82, 2.24) is 38.8 Å². The van der Waals surface area contributed by atoms with Crippen molar-refractivity contribution < 1.29 is 36.4 Å². The molecule has 274 valence electrons. The lowest BCUT2D eigenvalue weighted by atomic mass is 10.1. The van der Waals surface area contributed by atoms with Crippen LogP contribution < -0.4 is 15.8 Å². The van der Waals surface area contributed by atoms with E-state index >= 15 is 0 Å². The second kappa shape index (κ2) is 13.5. The number of pyridine rings is 1. The van der Waals surface area contributed by atoms with Gasteiger partial charge in [0.15, 0.2) is 17.3 Å². The molecular formula is C34H29ClF4N10O4. The summed E-state index contributed by atoms with van der Waals surface area (Å²) in [6, 6.07) is 7.73. The standard InChI is InChI=1S/C34H29ClF4N10O4/c1-3-25-28(46-10-12-47(13-11-46)31(52)27-29(51)21(35)8-9-40-27)32(53)49-33(42-30(44-49)18-4-6-23-19(14-18)16-45(2)43-23)48(25)17-26(50)41-24-7-5-20(15-22(24)36)34(37,38)39/h4-9,14-16,51H,3,10-13,17H2,1-2H3,(H,41,50)/i2D3. The van der Waals surface area contributed by atoms with Crippen LogP contribution in [0.2, 0.25) is 5.02 Å². The number of fused-ring (bicyclic) bond motifs is 2. The molecule has 2 N–H and O–H groups in total. The topological polar surface area (TPSA) is 156 Å². The third kappa shape index (κ3) is 6.61. The van der Waals surface area contributed by atoms with Gasteiger partial charge >= 0.3 is 6.18 Å². The summed E-state index contributed by atoms with van der Waals surface area (Å²) in [5.74, 6) is -3.29. The smallest absolute Gasteiger partial charge is 0.416 e. The maximum Gasteiger partial charge on any atom is 0.416 e. The third-order valence-corrected chi connectivity index (χ3v) is 9.06. The average molecular weight is 756 g/mol. The Hall–Kier alpha value is -6.04. The van der Waals surface area contributed by atoms with E-state index in [-0.39, 0.29) is 66.7 Å². The summed E-state index contributed by atoms with van der Waals surface area (Å²) in [6.07, 6.45) is -2.04. The van der Waals surface area contributed by atoms with Gasteiger partial charge in [-0.15, -0.1) is 5.10 Å². The number of piperazine rings is 1. The van der Waals surface area contributed by atoms with E-state index in [1.54, 1.807) is 30.0 Å². The van der Waals surface area contributed by atoms with Crippen molar-refractivity contribution in [1.29, 1.82) is 0 Å². The van der Waals surface area contributed by atoms with Crippen molar-refractivity contribution in [3.05, 3.63) is 93.0 Å². The van der Waals surface area contributed by atoms with Gasteiger partial charge in [0.25, 0.3) is 11.5 Å². The molecule has 1 fully saturated rings. The van der Waals surface area contributed by atoms with E-state index in [1.807, 2.05) is 0 Å². The molecule has 0 spiro atoms. The van der Waals surface area contributed by atoms with Crippen LogP contribution in [0.25, 0.3) is 28.1 Å². The predicted octanol–water partition coefficient (Wildman–Crippen LogP) is 4.52. The van der Waals surface area contributed by atoms with E-state index < -0.39 is 59.9 Å². The molecule has 5 heterocycles. The monoisotopic (exact) mass is 755 g/mol. The van der Waals surface area contributed by atoms with Gasteiger partial charge in [-0.05, 0) is 48.9 Å². The molecule has 2 aromatic carbocycles. The highest BCUT2D eigenvalue weighted by Gasteiger charge is 2.32. The van der Waals surface area contributed by atoms with Gasteiger partial charge in [0, 0.05) is 60.6 Å². The maximum atomic E-state index is 14.8. The van der Waals surface area contributed by atoms with Gasteiger partial charge in [-0.2, -0.15) is 27.8 Å². The molecule has 0 bridgehead atoms. The molecule has 0 saturated carbocycles. The third-order valence-electron chi connectivity index (χ3n) is 8.76. The first kappa shape index (κ1) is 31.7. The molecule has 1 aliphatic heterocycles. The summed E-state index contributed by atoms with van der Waals surface area (Å²) in [4.78, 5) is 52.8. The Balaban J connectivity index is 1.28. The van der Waals surface area contributed by atoms with Gasteiger partial charge < -0.3 is 24.8 Å². The molecule has 1 saturated heterocycles.